The number of nitrogens with two attached hydrogens (primary N) is 1. The second-order valence-corrected chi connectivity index (χ2v) is 5.56. The molecule has 4 heteroatoms. The van der Waals surface area contributed by atoms with E-state index in [4.69, 9.17) is 5.73 Å². The minimum absolute atomic E-state index is 0.251. The Balaban J connectivity index is 2.11. The van der Waals surface area contributed by atoms with Gasteiger partial charge in [0.15, 0.2) is 0 Å². The Kier molecular flexibility index (Phi) is 4.29. The summed E-state index contributed by atoms with van der Waals surface area (Å²) in [5.74, 6) is 1.91. The number of pyridine rings is 1. The highest BCUT2D eigenvalue weighted by atomic mass is 32.2. The van der Waals surface area contributed by atoms with Gasteiger partial charge in [-0.2, -0.15) is 17.0 Å². The number of hydrogen-bond acceptors (Lipinski definition) is 3. The molecule has 0 aliphatic carbocycles. The van der Waals surface area contributed by atoms with Crippen LogP contribution in [0.2, 0.25) is 0 Å². The number of rotatable bonds is 5. The fourth-order valence-corrected chi connectivity index (χ4v) is 2.99. The molecule has 0 radical (unpaired) electrons. The van der Waals surface area contributed by atoms with Crippen molar-refractivity contribution in [1.82, 2.24) is 4.40 Å². The maximum atomic E-state index is 9.26. The van der Waals surface area contributed by atoms with Gasteiger partial charge in [-0.3, -0.25) is 0 Å². The van der Waals surface area contributed by atoms with Gasteiger partial charge in [0.2, 0.25) is 0 Å². The maximum absolute atomic E-state index is 9.26. The SMILES string of the molecule is CC(N)CCSCc1cn2ccccc2c1C#N. The van der Waals surface area contributed by atoms with Crippen LogP contribution < -0.4 is 5.73 Å². The summed E-state index contributed by atoms with van der Waals surface area (Å²) in [7, 11) is 0. The molecular weight excluding hydrogens is 242 g/mol. The van der Waals surface area contributed by atoms with Gasteiger partial charge in [0.1, 0.15) is 6.07 Å². The van der Waals surface area contributed by atoms with Gasteiger partial charge in [0.05, 0.1) is 11.1 Å². The lowest BCUT2D eigenvalue weighted by Crippen LogP contribution is -2.15. The predicted octanol–water partition coefficient (Wildman–Crippen LogP) is 2.78. The number of hydrogen-bond donors (Lipinski definition) is 1. The Morgan fingerprint density at radius 1 is 1.50 bits per heavy atom. The van der Waals surface area contributed by atoms with Crippen molar-refractivity contribution in [2.24, 2.45) is 5.73 Å². The lowest BCUT2D eigenvalue weighted by molar-refractivity contribution is 0.721. The van der Waals surface area contributed by atoms with Crippen LogP contribution >= 0.6 is 11.8 Å². The summed E-state index contributed by atoms with van der Waals surface area (Å²) in [4.78, 5) is 0. The van der Waals surface area contributed by atoms with Crippen LogP contribution in [-0.2, 0) is 5.75 Å². The fraction of sp³-hybridized carbons (Fsp3) is 0.357. The molecule has 0 aliphatic heterocycles. The zero-order valence-electron chi connectivity index (χ0n) is 10.5. The lowest BCUT2D eigenvalue weighted by atomic mass is 10.2. The van der Waals surface area contributed by atoms with Gasteiger partial charge in [-0.15, -0.1) is 0 Å². The van der Waals surface area contributed by atoms with E-state index in [1.165, 1.54) is 0 Å². The molecule has 2 heterocycles. The Hall–Kier alpha value is -1.44. The average molecular weight is 259 g/mol. The van der Waals surface area contributed by atoms with Gasteiger partial charge in [-0.05, 0) is 36.8 Å². The van der Waals surface area contributed by atoms with Gasteiger partial charge in [0.25, 0.3) is 0 Å². The van der Waals surface area contributed by atoms with Gasteiger partial charge in [-0.1, -0.05) is 6.07 Å². The maximum Gasteiger partial charge on any atom is 0.102 e. The zero-order chi connectivity index (χ0) is 13.0. The largest absolute Gasteiger partial charge is 0.328 e. The quantitative estimate of drug-likeness (QED) is 0.840. The van der Waals surface area contributed by atoms with Gasteiger partial charge in [0, 0.05) is 24.2 Å². The Labute approximate surface area is 112 Å². The number of aromatic nitrogens is 1. The topological polar surface area (TPSA) is 54.2 Å². The highest BCUT2D eigenvalue weighted by Crippen LogP contribution is 2.22. The molecule has 0 bridgehead atoms. The second kappa shape index (κ2) is 5.94. The Morgan fingerprint density at radius 2 is 2.33 bits per heavy atom. The normalized spacial score (nSPS) is 12.5. The molecule has 1 atom stereocenters. The van der Waals surface area contributed by atoms with E-state index >= 15 is 0 Å². The second-order valence-electron chi connectivity index (χ2n) is 4.45. The van der Waals surface area contributed by atoms with Gasteiger partial charge < -0.3 is 10.1 Å². The van der Waals surface area contributed by atoms with Crippen molar-refractivity contribution in [3.8, 4) is 6.07 Å². The van der Waals surface area contributed by atoms with E-state index in [1.807, 2.05) is 53.7 Å². The molecule has 94 valence electrons. The monoisotopic (exact) mass is 259 g/mol. The molecule has 2 N–H and O–H groups in total. The first kappa shape index (κ1) is 13.0. The summed E-state index contributed by atoms with van der Waals surface area (Å²) in [6, 6.07) is 8.48. The van der Waals surface area contributed by atoms with Crippen LogP contribution in [0.3, 0.4) is 0 Å². The highest BCUT2D eigenvalue weighted by Gasteiger charge is 2.09. The minimum atomic E-state index is 0.251. The number of thioether (sulfide) groups is 1. The molecule has 0 spiro atoms. The van der Waals surface area contributed by atoms with E-state index in [1.54, 1.807) is 0 Å². The summed E-state index contributed by atoms with van der Waals surface area (Å²) in [5, 5.41) is 9.26. The first-order valence-corrected chi connectivity index (χ1v) is 7.20. The number of nitrogens with zero attached hydrogens (tertiary/aromatic N) is 2. The van der Waals surface area contributed by atoms with Crippen LogP contribution in [-0.4, -0.2) is 16.2 Å². The predicted molar refractivity (Wildman–Crippen MR) is 76.5 cm³/mol. The molecular formula is C14H17N3S. The number of fused-ring (bicyclic) bond motifs is 1. The van der Waals surface area contributed by atoms with Crippen LogP contribution in [0, 0.1) is 11.3 Å². The summed E-state index contributed by atoms with van der Waals surface area (Å²) in [5.41, 5.74) is 8.61. The molecule has 2 rings (SSSR count). The van der Waals surface area contributed by atoms with Crippen molar-refractivity contribution in [2.75, 3.05) is 5.75 Å². The summed E-state index contributed by atoms with van der Waals surface area (Å²) in [6.45, 7) is 2.02. The molecule has 0 amide bonds. The smallest absolute Gasteiger partial charge is 0.102 e. The minimum Gasteiger partial charge on any atom is -0.328 e. The first-order valence-electron chi connectivity index (χ1n) is 6.04. The molecule has 3 nitrogen and oxygen atoms in total. The van der Waals surface area contributed by atoms with Crippen molar-refractivity contribution >= 4 is 17.3 Å². The number of nitriles is 1. The molecule has 0 aliphatic rings. The van der Waals surface area contributed by atoms with Crippen molar-refractivity contribution in [2.45, 2.75) is 25.1 Å². The standard InChI is InChI=1S/C14H17N3S/c1-11(16)5-7-18-10-12-9-17-6-3-2-4-14(17)13(12)8-15/h2-4,6,9,11H,5,7,10,16H2,1H3. The lowest BCUT2D eigenvalue weighted by Gasteiger charge is -2.03. The molecule has 2 aromatic rings. The van der Waals surface area contributed by atoms with Crippen LogP contribution in [0.4, 0.5) is 0 Å². The van der Waals surface area contributed by atoms with E-state index in [-0.39, 0.29) is 6.04 Å². The molecule has 18 heavy (non-hydrogen) atoms. The Bertz CT molecular complexity index is 566. The molecule has 0 aromatic carbocycles. The summed E-state index contributed by atoms with van der Waals surface area (Å²) < 4.78 is 2.01. The van der Waals surface area contributed by atoms with Gasteiger partial charge in [-0.25, -0.2) is 0 Å². The van der Waals surface area contributed by atoms with E-state index in [0.717, 1.165) is 34.6 Å². The molecule has 0 fully saturated rings. The zero-order valence-corrected chi connectivity index (χ0v) is 11.3. The molecule has 0 saturated carbocycles. The van der Waals surface area contributed by atoms with E-state index in [9.17, 15) is 5.26 Å². The van der Waals surface area contributed by atoms with Gasteiger partial charge >= 0.3 is 0 Å². The van der Waals surface area contributed by atoms with E-state index in [0.29, 0.717) is 0 Å². The van der Waals surface area contributed by atoms with Crippen LogP contribution in [0.15, 0.2) is 30.6 Å². The first-order chi connectivity index (χ1) is 8.72. The average Bonchev–Trinajstić information content (AvgIpc) is 2.71. The third-order valence-electron chi connectivity index (χ3n) is 2.85. The van der Waals surface area contributed by atoms with E-state index in [2.05, 4.69) is 6.07 Å². The van der Waals surface area contributed by atoms with Crippen LogP contribution in [0.25, 0.3) is 5.52 Å². The summed E-state index contributed by atoms with van der Waals surface area (Å²) in [6.07, 6.45) is 5.04. The molecule has 2 aromatic heterocycles. The van der Waals surface area contributed by atoms with Crippen molar-refractivity contribution in [1.29, 1.82) is 5.26 Å². The highest BCUT2D eigenvalue weighted by molar-refractivity contribution is 7.98. The summed E-state index contributed by atoms with van der Waals surface area (Å²) >= 11 is 1.84. The third kappa shape index (κ3) is 2.87. The molecule has 1 unspecified atom stereocenters. The third-order valence-corrected chi connectivity index (χ3v) is 3.89. The van der Waals surface area contributed by atoms with Crippen molar-refractivity contribution in [3.05, 3.63) is 41.7 Å². The van der Waals surface area contributed by atoms with Crippen LogP contribution in [0.5, 0.6) is 0 Å². The van der Waals surface area contributed by atoms with Crippen molar-refractivity contribution in [3.63, 3.8) is 0 Å². The van der Waals surface area contributed by atoms with E-state index < -0.39 is 0 Å². The molecule has 0 saturated heterocycles. The Morgan fingerprint density at radius 3 is 3.06 bits per heavy atom. The van der Waals surface area contributed by atoms with Crippen LogP contribution in [0.1, 0.15) is 24.5 Å². The fourth-order valence-electron chi connectivity index (χ4n) is 1.87. The van der Waals surface area contributed by atoms with Crippen molar-refractivity contribution < 1.29 is 0 Å².